The van der Waals surface area contributed by atoms with Gasteiger partial charge in [0, 0.05) is 11.0 Å². The Labute approximate surface area is 97.5 Å². The van der Waals surface area contributed by atoms with E-state index in [4.69, 9.17) is 0 Å². The molecule has 2 aromatic heterocycles. The summed E-state index contributed by atoms with van der Waals surface area (Å²) in [4.78, 5) is 12.4. The zero-order valence-electron chi connectivity index (χ0n) is 9.01. The fraction of sp³-hybridized carbons (Fsp3) is 0. The predicted molar refractivity (Wildman–Crippen MR) is 68.5 cm³/mol. The molecule has 0 unspecified atom stereocenters. The van der Waals surface area contributed by atoms with E-state index in [1.165, 1.54) is 0 Å². The Hall–Kier alpha value is -2.42. The van der Waals surface area contributed by atoms with Gasteiger partial charge in [0.2, 0.25) is 0 Å². The van der Waals surface area contributed by atoms with E-state index >= 15 is 0 Å². The molecule has 4 rings (SSSR count). The molecule has 0 radical (unpaired) electrons. The van der Waals surface area contributed by atoms with Crippen molar-refractivity contribution in [2.45, 2.75) is 0 Å². The van der Waals surface area contributed by atoms with Crippen molar-refractivity contribution in [3.63, 3.8) is 0 Å². The van der Waals surface area contributed by atoms with Gasteiger partial charge in [0.25, 0.3) is 0 Å². The fourth-order valence-corrected chi connectivity index (χ4v) is 2.09. The van der Waals surface area contributed by atoms with Crippen LogP contribution < -0.4 is 0 Å². The summed E-state index contributed by atoms with van der Waals surface area (Å²) in [5.74, 6) is 0.917. The summed E-state index contributed by atoms with van der Waals surface area (Å²) in [7, 11) is 0. The van der Waals surface area contributed by atoms with Gasteiger partial charge in [-0.2, -0.15) is 0 Å². The first kappa shape index (κ1) is 8.70. The zero-order valence-corrected chi connectivity index (χ0v) is 9.01. The van der Waals surface area contributed by atoms with E-state index in [1.807, 2.05) is 42.6 Å². The van der Waals surface area contributed by atoms with Crippen molar-refractivity contribution in [1.29, 1.82) is 0 Å². The Morgan fingerprint density at radius 2 is 2.00 bits per heavy atom. The topological polar surface area (TPSA) is 41.6 Å². The van der Waals surface area contributed by atoms with Crippen molar-refractivity contribution in [2.75, 3.05) is 0 Å². The van der Waals surface area contributed by atoms with E-state index in [0.29, 0.717) is 0 Å². The van der Waals surface area contributed by atoms with Crippen molar-refractivity contribution in [3.8, 4) is 0 Å². The second kappa shape index (κ2) is 3.04. The Bertz CT molecular complexity index is 793. The first-order valence-electron chi connectivity index (χ1n) is 5.54. The highest BCUT2D eigenvalue weighted by Gasteiger charge is 2.10. The van der Waals surface area contributed by atoms with Crippen LogP contribution in [0.3, 0.4) is 0 Å². The number of para-hydroxylation sites is 1. The molecule has 17 heavy (non-hydrogen) atoms. The Morgan fingerprint density at radius 3 is 2.82 bits per heavy atom. The number of aromatic amines is 1. The van der Waals surface area contributed by atoms with Gasteiger partial charge >= 0.3 is 0 Å². The maximum Gasteiger partial charge on any atom is 0.138 e. The van der Waals surface area contributed by atoms with Crippen LogP contribution in [0, 0.1) is 0 Å². The molecular weight excluding hydrogens is 210 g/mol. The van der Waals surface area contributed by atoms with Crippen molar-refractivity contribution >= 4 is 27.5 Å². The summed E-state index contributed by atoms with van der Waals surface area (Å²) < 4.78 is 0. The largest absolute Gasteiger partial charge is 0.337 e. The molecule has 3 aromatic rings. The number of allylic oxidation sites excluding steroid dienone is 4. The van der Waals surface area contributed by atoms with Crippen molar-refractivity contribution in [3.05, 3.63) is 54.5 Å². The smallest absolute Gasteiger partial charge is 0.138 e. The lowest BCUT2D eigenvalue weighted by Gasteiger charge is -2.01. The standard InChI is InChI=1S/C14H9N3/c1-2-7-11-10(6-1)13-12(8-15-11)16-14(17-13)9-4-3-5-9/h1-8H,(H,16,17). The van der Waals surface area contributed by atoms with Crippen LogP contribution in [-0.4, -0.2) is 15.0 Å². The number of pyridine rings is 1. The summed E-state index contributed by atoms with van der Waals surface area (Å²) in [5.41, 5.74) is 4.10. The molecule has 0 amide bonds. The average molecular weight is 219 g/mol. The molecule has 0 bridgehead atoms. The van der Waals surface area contributed by atoms with Gasteiger partial charge in [0.1, 0.15) is 5.82 Å². The molecule has 1 aliphatic carbocycles. The predicted octanol–water partition coefficient (Wildman–Crippen LogP) is 3.06. The number of hydrogen-bond acceptors (Lipinski definition) is 2. The first-order chi connectivity index (χ1) is 8.42. The Kier molecular flexibility index (Phi) is 1.56. The van der Waals surface area contributed by atoms with Crippen LogP contribution in [0.15, 0.2) is 48.7 Å². The van der Waals surface area contributed by atoms with E-state index < -0.39 is 0 Å². The van der Waals surface area contributed by atoms with Crippen molar-refractivity contribution in [2.24, 2.45) is 0 Å². The molecule has 1 aromatic carbocycles. The number of rotatable bonds is 1. The van der Waals surface area contributed by atoms with Crippen molar-refractivity contribution in [1.82, 2.24) is 15.0 Å². The minimum atomic E-state index is 0.917. The van der Waals surface area contributed by atoms with Gasteiger partial charge in [-0.15, -0.1) is 0 Å². The SMILES string of the molecule is C1=CC(c2nc3c(cnc4ccccc43)[nH]2)=C1. The monoisotopic (exact) mass is 219 g/mol. The number of imidazole rings is 1. The third-order valence-electron chi connectivity index (χ3n) is 3.05. The minimum Gasteiger partial charge on any atom is -0.337 e. The van der Waals surface area contributed by atoms with Crippen LogP contribution in [0.2, 0.25) is 0 Å². The van der Waals surface area contributed by atoms with Crippen LogP contribution in [-0.2, 0) is 0 Å². The van der Waals surface area contributed by atoms with Crippen molar-refractivity contribution < 1.29 is 0 Å². The molecule has 2 heterocycles. The summed E-state index contributed by atoms with van der Waals surface area (Å²) >= 11 is 0. The molecular formula is C14H9N3. The second-order valence-electron chi connectivity index (χ2n) is 4.10. The maximum atomic E-state index is 4.65. The van der Waals surface area contributed by atoms with Crippen LogP contribution >= 0.6 is 0 Å². The molecule has 1 N–H and O–H groups in total. The molecule has 0 fully saturated rings. The van der Waals surface area contributed by atoms with Crippen LogP contribution in [0.5, 0.6) is 0 Å². The highest BCUT2D eigenvalue weighted by atomic mass is 14.9. The van der Waals surface area contributed by atoms with Gasteiger partial charge in [0.05, 0.1) is 22.7 Å². The van der Waals surface area contributed by atoms with E-state index in [-0.39, 0.29) is 0 Å². The lowest BCUT2D eigenvalue weighted by Crippen LogP contribution is -1.87. The lowest BCUT2D eigenvalue weighted by atomic mass is 10.1. The van der Waals surface area contributed by atoms with Crippen LogP contribution in [0.1, 0.15) is 5.82 Å². The van der Waals surface area contributed by atoms with Gasteiger partial charge in [-0.25, -0.2) is 4.98 Å². The summed E-state index contributed by atoms with van der Waals surface area (Å²) in [6.45, 7) is 0. The average Bonchev–Trinajstić information content (AvgIpc) is 2.70. The molecule has 0 saturated carbocycles. The maximum absolute atomic E-state index is 4.65. The van der Waals surface area contributed by atoms with Gasteiger partial charge < -0.3 is 4.98 Å². The molecule has 3 nitrogen and oxygen atoms in total. The number of fused-ring (bicyclic) bond motifs is 3. The highest BCUT2D eigenvalue weighted by Crippen LogP contribution is 2.26. The van der Waals surface area contributed by atoms with E-state index in [1.54, 1.807) is 0 Å². The quantitative estimate of drug-likeness (QED) is 0.683. The number of aromatic nitrogens is 3. The Morgan fingerprint density at radius 1 is 1.12 bits per heavy atom. The molecule has 3 heteroatoms. The van der Waals surface area contributed by atoms with E-state index in [2.05, 4.69) is 21.0 Å². The first-order valence-corrected chi connectivity index (χ1v) is 5.54. The van der Waals surface area contributed by atoms with Gasteiger partial charge in [-0.05, 0) is 6.07 Å². The number of nitrogens with zero attached hydrogens (tertiary/aromatic N) is 2. The fourth-order valence-electron chi connectivity index (χ4n) is 2.09. The van der Waals surface area contributed by atoms with E-state index in [0.717, 1.165) is 33.3 Å². The molecule has 0 saturated heterocycles. The zero-order chi connectivity index (χ0) is 11.2. The minimum absolute atomic E-state index is 0.917. The normalized spacial score (nSPS) is 14.0. The third kappa shape index (κ3) is 1.16. The van der Waals surface area contributed by atoms with Gasteiger partial charge in [-0.3, -0.25) is 4.98 Å². The summed E-state index contributed by atoms with van der Waals surface area (Å²) in [6, 6.07) is 8.07. The molecule has 0 spiro atoms. The number of H-pyrrole nitrogens is 1. The van der Waals surface area contributed by atoms with Crippen LogP contribution in [0.4, 0.5) is 0 Å². The lowest BCUT2D eigenvalue weighted by molar-refractivity contribution is 1.26. The molecule has 0 atom stereocenters. The molecule has 0 aliphatic heterocycles. The molecule has 1 aliphatic rings. The van der Waals surface area contributed by atoms with Gasteiger partial charge in [0.15, 0.2) is 0 Å². The van der Waals surface area contributed by atoms with E-state index in [9.17, 15) is 0 Å². The van der Waals surface area contributed by atoms with Gasteiger partial charge in [-0.1, -0.05) is 36.4 Å². The molecule has 80 valence electrons. The van der Waals surface area contributed by atoms with Crippen LogP contribution in [0.25, 0.3) is 27.5 Å². The highest BCUT2D eigenvalue weighted by molar-refractivity contribution is 6.02. The number of benzene rings is 1. The third-order valence-corrected chi connectivity index (χ3v) is 3.05. The number of hydrogen-bond donors (Lipinski definition) is 1. The summed E-state index contributed by atoms with van der Waals surface area (Å²) in [5, 5.41) is 1.09. The number of nitrogens with one attached hydrogen (secondary N) is 1. The summed E-state index contributed by atoms with van der Waals surface area (Å²) in [6.07, 6.45) is 7.96. The Balaban J connectivity index is 2.08. The second-order valence-corrected chi connectivity index (χ2v) is 4.10.